The summed E-state index contributed by atoms with van der Waals surface area (Å²) in [5, 5.41) is 9.44. The molecule has 0 fully saturated rings. The third-order valence-electron chi connectivity index (χ3n) is 4.57. The highest BCUT2D eigenvalue weighted by atomic mass is 16.6. The van der Waals surface area contributed by atoms with E-state index in [-0.39, 0.29) is 19.3 Å². The van der Waals surface area contributed by atoms with Gasteiger partial charge in [-0.25, -0.2) is 9.59 Å². The molecule has 0 saturated heterocycles. The Bertz CT molecular complexity index is 768. The first-order valence-corrected chi connectivity index (χ1v) is 9.87. The van der Waals surface area contributed by atoms with E-state index >= 15 is 0 Å². The molecule has 2 atom stereocenters. The van der Waals surface area contributed by atoms with Crippen LogP contribution in [0.25, 0.3) is 0 Å². The zero-order valence-corrected chi connectivity index (χ0v) is 17.4. The van der Waals surface area contributed by atoms with Gasteiger partial charge in [-0.2, -0.15) is 0 Å². The van der Waals surface area contributed by atoms with E-state index in [9.17, 15) is 14.7 Å². The molecule has 0 aliphatic rings. The lowest BCUT2D eigenvalue weighted by Crippen LogP contribution is -2.45. The van der Waals surface area contributed by atoms with E-state index in [0.717, 1.165) is 16.0 Å². The van der Waals surface area contributed by atoms with Crippen LogP contribution in [0, 0.1) is 0 Å². The van der Waals surface area contributed by atoms with E-state index in [1.165, 1.54) is 7.05 Å². The van der Waals surface area contributed by atoms with Crippen molar-refractivity contribution in [3.63, 3.8) is 0 Å². The lowest BCUT2D eigenvalue weighted by Gasteiger charge is -2.24. The van der Waals surface area contributed by atoms with E-state index < -0.39 is 18.1 Å². The molecule has 0 aliphatic carbocycles. The van der Waals surface area contributed by atoms with E-state index in [0.29, 0.717) is 19.6 Å². The number of carbonyl (C=O) groups is 2. The lowest BCUT2D eigenvalue weighted by molar-refractivity contribution is -0.144. The molecular weight excluding hydrogens is 386 g/mol. The standard InChI is InChI=1S/C23H29NO6/c1-18(29-15-19-9-5-3-6-10-19)13-14-28-17-21(22(25)26)24(2)23(27)30-16-20-11-7-4-8-12-20/h3-12,18,21H,13-17H2,1-2H3,(H,25,26). The zero-order chi connectivity index (χ0) is 21.8. The van der Waals surface area contributed by atoms with Gasteiger partial charge in [0.1, 0.15) is 6.61 Å². The number of likely N-dealkylation sites (N-methyl/N-ethyl adjacent to an activating group) is 1. The second kappa shape index (κ2) is 12.6. The van der Waals surface area contributed by atoms with Gasteiger partial charge in [-0.05, 0) is 24.5 Å². The van der Waals surface area contributed by atoms with Crippen LogP contribution in [0.2, 0.25) is 0 Å². The Morgan fingerprint density at radius 2 is 1.53 bits per heavy atom. The van der Waals surface area contributed by atoms with Crippen molar-refractivity contribution in [2.45, 2.75) is 38.7 Å². The number of carboxylic acid groups (broad SMARTS) is 1. The van der Waals surface area contributed by atoms with Gasteiger partial charge in [-0.1, -0.05) is 60.7 Å². The van der Waals surface area contributed by atoms with Crippen LogP contribution >= 0.6 is 0 Å². The van der Waals surface area contributed by atoms with Crippen LogP contribution in [0.3, 0.4) is 0 Å². The maximum atomic E-state index is 12.2. The zero-order valence-electron chi connectivity index (χ0n) is 17.4. The fraction of sp³-hybridized carbons (Fsp3) is 0.391. The number of hydrogen-bond donors (Lipinski definition) is 1. The van der Waals surface area contributed by atoms with Gasteiger partial charge in [-0.3, -0.25) is 4.90 Å². The van der Waals surface area contributed by atoms with Crippen LogP contribution in [0.15, 0.2) is 60.7 Å². The average molecular weight is 415 g/mol. The third-order valence-corrected chi connectivity index (χ3v) is 4.57. The maximum absolute atomic E-state index is 12.2. The number of nitrogens with zero attached hydrogens (tertiary/aromatic N) is 1. The summed E-state index contributed by atoms with van der Waals surface area (Å²) in [4.78, 5) is 24.8. The lowest BCUT2D eigenvalue weighted by atomic mass is 10.2. The molecule has 30 heavy (non-hydrogen) atoms. The van der Waals surface area contributed by atoms with Gasteiger partial charge in [-0.15, -0.1) is 0 Å². The second-order valence-electron chi connectivity index (χ2n) is 6.98. The summed E-state index contributed by atoms with van der Waals surface area (Å²) in [6.45, 7) is 2.72. The van der Waals surface area contributed by atoms with Crippen LogP contribution in [0.1, 0.15) is 24.5 Å². The molecule has 7 heteroatoms. The van der Waals surface area contributed by atoms with Crippen molar-refractivity contribution >= 4 is 12.1 Å². The highest BCUT2D eigenvalue weighted by molar-refractivity contribution is 5.80. The average Bonchev–Trinajstić information content (AvgIpc) is 2.76. The molecule has 2 unspecified atom stereocenters. The molecule has 2 rings (SSSR count). The summed E-state index contributed by atoms with van der Waals surface area (Å²) in [5.74, 6) is -1.15. The number of rotatable bonds is 12. The molecule has 0 bridgehead atoms. The van der Waals surface area contributed by atoms with E-state index in [4.69, 9.17) is 14.2 Å². The molecule has 1 N–H and O–H groups in total. The molecule has 0 saturated carbocycles. The van der Waals surface area contributed by atoms with Gasteiger partial charge in [0.25, 0.3) is 0 Å². The van der Waals surface area contributed by atoms with E-state index in [1.807, 2.05) is 67.6 Å². The van der Waals surface area contributed by atoms with Crippen LogP contribution in [0.5, 0.6) is 0 Å². The molecule has 7 nitrogen and oxygen atoms in total. The van der Waals surface area contributed by atoms with Crippen LogP contribution in [-0.2, 0) is 32.2 Å². The van der Waals surface area contributed by atoms with Crippen molar-refractivity contribution < 1.29 is 28.9 Å². The highest BCUT2D eigenvalue weighted by Crippen LogP contribution is 2.08. The Balaban J connectivity index is 1.69. The van der Waals surface area contributed by atoms with Crippen LogP contribution < -0.4 is 0 Å². The Morgan fingerprint density at radius 1 is 0.967 bits per heavy atom. The predicted molar refractivity (Wildman–Crippen MR) is 112 cm³/mol. The van der Waals surface area contributed by atoms with Gasteiger partial charge < -0.3 is 19.3 Å². The molecule has 2 aromatic carbocycles. The number of benzene rings is 2. The molecule has 0 aromatic heterocycles. The third kappa shape index (κ3) is 8.23. The maximum Gasteiger partial charge on any atom is 0.410 e. The Kier molecular flexibility index (Phi) is 9.83. The minimum atomic E-state index is -1.15. The molecule has 2 aromatic rings. The van der Waals surface area contributed by atoms with Crippen LogP contribution in [0.4, 0.5) is 4.79 Å². The molecular formula is C23H29NO6. The Morgan fingerprint density at radius 3 is 2.10 bits per heavy atom. The minimum Gasteiger partial charge on any atom is -0.480 e. The molecule has 0 radical (unpaired) electrons. The molecule has 0 aliphatic heterocycles. The number of aliphatic carboxylic acids is 1. The number of ether oxygens (including phenoxy) is 3. The molecule has 162 valence electrons. The van der Waals surface area contributed by atoms with Crippen molar-refractivity contribution in [1.82, 2.24) is 4.90 Å². The fourth-order valence-electron chi connectivity index (χ4n) is 2.64. The number of hydrogen-bond acceptors (Lipinski definition) is 5. The largest absolute Gasteiger partial charge is 0.480 e. The fourth-order valence-corrected chi connectivity index (χ4v) is 2.64. The van der Waals surface area contributed by atoms with Crippen molar-refractivity contribution in [1.29, 1.82) is 0 Å². The second-order valence-corrected chi connectivity index (χ2v) is 6.98. The summed E-state index contributed by atoms with van der Waals surface area (Å²) >= 11 is 0. The van der Waals surface area contributed by atoms with Gasteiger partial charge in [0, 0.05) is 13.7 Å². The quantitative estimate of drug-likeness (QED) is 0.532. The normalized spacial score (nSPS) is 12.7. The van der Waals surface area contributed by atoms with Crippen molar-refractivity contribution in [3.05, 3.63) is 71.8 Å². The minimum absolute atomic E-state index is 0.0398. The highest BCUT2D eigenvalue weighted by Gasteiger charge is 2.28. The SMILES string of the molecule is CC(CCOCC(C(=O)O)N(C)C(=O)OCc1ccccc1)OCc1ccccc1. The Labute approximate surface area is 177 Å². The van der Waals surface area contributed by atoms with Crippen molar-refractivity contribution in [2.24, 2.45) is 0 Å². The summed E-state index contributed by atoms with van der Waals surface area (Å²) < 4.78 is 16.5. The summed E-state index contributed by atoms with van der Waals surface area (Å²) in [7, 11) is 1.39. The topological polar surface area (TPSA) is 85.3 Å². The first-order valence-electron chi connectivity index (χ1n) is 9.87. The van der Waals surface area contributed by atoms with E-state index in [2.05, 4.69) is 0 Å². The molecule has 0 heterocycles. The number of amides is 1. The van der Waals surface area contributed by atoms with Gasteiger partial charge in [0.05, 0.1) is 19.3 Å². The van der Waals surface area contributed by atoms with Gasteiger partial charge >= 0.3 is 12.1 Å². The Hall–Kier alpha value is -2.90. The summed E-state index contributed by atoms with van der Waals surface area (Å²) in [6, 6.07) is 17.9. The van der Waals surface area contributed by atoms with Gasteiger partial charge in [0.2, 0.25) is 0 Å². The first-order chi connectivity index (χ1) is 14.5. The predicted octanol–water partition coefficient (Wildman–Crippen LogP) is 3.72. The number of carbonyl (C=O) groups excluding carboxylic acids is 1. The van der Waals surface area contributed by atoms with Crippen molar-refractivity contribution in [2.75, 3.05) is 20.3 Å². The smallest absolute Gasteiger partial charge is 0.410 e. The summed E-state index contributed by atoms with van der Waals surface area (Å²) in [5.41, 5.74) is 1.92. The monoisotopic (exact) mass is 415 g/mol. The molecule has 0 spiro atoms. The number of carboxylic acids is 1. The van der Waals surface area contributed by atoms with Crippen molar-refractivity contribution in [3.8, 4) is 0 Å². The van der Waals surface area contributed by atoms with E-state index in [1.54, 1.807) is 0 Å². The van der Waals surface area contributed by atoms with Crippen LogP contribution in [-0.4, -0.2) is 54.5 Å². The first kappa shape index (κ1) is 23.4. The van der Waals surface area contributed by atoms with Gasteiger partial charge in [0.15, 0.2) is 6.04 Å². The summed E-state index contributed by atoms with van der Waals surface area (Å²) in [6.07, 6.45) is -0.141. The molecule has 1 amide bonds.